The second kappa shape index (κ2) is 6.79. The first-order chi connectivity index (χ1) is 8.79. The number of nitrogens with zero attached hydrogens (tertiary/aromatic N) is 2. The average Bonchev–Trinajstić information content (AvgIpc) is 2.41. The number of ether oxygens (including phenoxy) is 1. The van der Waals surface area contributed by atoms with E-state index < -0.39 is 0 Å². The van der Waals surface area contributed by atoms with E-state index in [1.807, 2.05) is 0 Å². The Kier molecular flexibility index (Phi) is 5.35. The Bertz CT molecular complexity index is 291. The van der Waals surface area contributed by atoms with E-state index in [0.717, 1.165) is 26.1 Å². The van der Waals surface area contributed by atoms with E-state index in [0.29, 0.717) is 12.5 Å². The zero-order chi connectivity index (χ0) is 12.8. The van der Waals surface area contributed by atoms with Gasteiger partial charge in [0.25, 0.3) is 0 Å². The Balaban J connectivity index is 1.94. The third-order valence-electron chi connectivity index (χ3n) is 4.30. The molecule has 0 radical (unpaired) electrons. The molecule has 1 spiro atoms. The summed E-state index contributed by atoms with van der Waals surface area (Å²) >= 11 is 2.06. The van der Waals surface area contributed by atoms with Crippen molar-refractivity contribution in [1.29, 1.82) is 5.26 Å². The molecule has 102 valence electrons. The van der Waals surface area contributed by atoms with Crippen molar-refractivity contribution in [2.45, 2.75) is 50.7 Å². The quantitative estimate of drug-likeness (QED) is 0.785. The molecule has 1 unspecified atom stereocenters. The lowest BCUT2D eigenvalue weighted by Crippen LogP contribution is -2.50. The number of hydrogen-bond acceptors (Lipinski definition) is 4. The normalized spacial score (nSPS) is 27.3. The summed E-state index contributed by atoms with van der Waals surface area (Å²) in [4.78, 5) is 2.48. The van der Waals surface area contributed by atoms with Crippen LogP contribution in [0.1, 0.15) is 39.0 Å². The summed E-state index contributed by atoms with van der Waals surface area (Å²) in [6.07, 6.45) is 5.38. The van der Waals surface area contributed by atoms with Gasteiger partial charge in [0.1, 0.15) is 0 Å². The molecule has 2 aliphatic rings. The molecule has 0 aromatic carbocycles. The van der Waals surface area contributed by atoms with Crippen molar-refractivity contribution in [3.8, 4) is 6.07 Å². The lowest BCUT2D eigenvalue weighted by Gasteiger charge is -2.46. The Morgan fingerprint density at radius 2 is 2.22 bits per heavy atom. The van der Waals surface area contributed by atoms with E-state index in [9.17, 15) is 0 Å². The van der Waals surface area contributed by atoms with Gasteiger partial charge in [0.2, 0.25) is 0 Å². The molecule has 4 heteroatoms. The minimum atomic E-state index is 0.161. The van der Waals surface area contributed by atoms with Crippen molar-refractivity contribution < 1.29 is 4.74 Å². The molecule has 2 heterocycles. The van der Waals surface area contributed by atoms with Crippen LogP contribution in [0.5, 0.6) is 0 Å². The van der Waals surface area contributed by atoms with Crippen molar-refractivity contribution in [2.24, 2.45) is 0 Å². The van der Waals surface area contributed by atoms with E-state index in [1.165, 1.54) is 30.8 Å². The largest absolute Gasteiger partial charge is 0.375 e. The highest BCUT2D eigenvalue weighted by Gasteiger charge is 2.40. The SMILES string of the molecule is CCN(CCC#N)C1CCOC2(CCSCC2)C1. The molecule has 0 amide bonds. The van der Waals surface area contributed by atoms with E-state index >= 15 is 0 Å². The minimum absolute atomic E-state index is 0.161. The molecule has 1 atom stereocenters. The van der Waals surface area contributed by atoms with Crippen molar-refractivity contribution in [2.75, 3.05) is 31.2 Å². The van der Waals surface area contributed by atoms with Gasteiger partial charge in [-0.15, -0.1) is 0 Å². The first kappa shape index (κ1) is 14.2. The lowest BCUT2D eigenvalue weighted by molar-refractivity contribution is -0.109. The summed E-state index contributed by atoms with van der Waals surface area (Å²) in [6.45, 7) is 5.08. The number of hydrogen-bond donors (Lipinski definition) is 0. The van der Waals surface area contributed by atoms with Gasteiger partial charge in [0, 0.05) is 25.6 Å². The average molecular weight is 268 g/mol. The van der Waals surface area contributed by atoms with Gasteiger partial charge in [-0.25, -0.2) is 0 Å². The molecule has 0 aromatic rings. The summed E-state index contributed by atoms with van der Waals surface area (Å²) in [6, 6.07) is 2.89. The molecular formula is C14H24N2OS. The Morgan fingerprint density at radius 3 is 2.89 bits per heavy atom. The van der Waals surface area contributed by atoms with Crippen LogP contribution >= 0.6 is 11.8 Å². The summed E-state index contributed by atoms with van der Waals surface area (Å²) in [5.41, 5.74) is 0.161. The predicted octanol–water partition coefficient (Wildman–Crippen LogP) is 2.67. The fourth-order valence-electron chi connectivity index (χ4n) is 3.20. The first-order valence-corrected chi connectivity index (χ1v) is 8.28. The van der Waals surface area contributed by atoms with Crippen LogP contribution in [0.4, 0.5) is 0 Å². The van der Waals surface area contributed by atoms with Crippen LogP contribution in [-0.2, 0) is 4.74 Å². The van der Waals surface area contributed by atoms with Crippen LogP contribution in [0, 0.1) is 11.3 Å². The van der Waals surface area contributed by atoms with Gasteiger partial charge in [-0.2, -0.15) is 17.0 Å². The zero-order valence-corrected chi connectivity index (χ0v) is 12.2. The number of rotatable bonds is 4. The Labute approximate surface area is 115 Å². The van der Waals surface area contributed by atoms with Crippen LogP contribution < -0.4 is 0 Å². The summed E-state index contributed by atoms with van der Waals surface area (Å²) in [7, 11) is 0. The molecule has 2 fully saturated rings. The first-order valence-electron chi connectivity index (χ1n) is 7.12. The maximum absolute atomic E-state index is 8.75. The highest BCUT2D eigenvalue weighted by Crippen LogP contribution is 2.38. The zero-order valence-electron chi connectivity index (χ0n) is 11.4. The van der Waals surface area contributed by atoms with Crippen molar-refractivity contribution >= 4 is 11.8 Å². The highest BCUT2D eigenvalue weighted by molar-refractivity contribution is 7.99. The molecule has 3 nitrogen and oxygen atoms in total. The number of thioether (sulfide) groups is 1. The monoisotopic (exact) mass is 268 g/mol. The topological polar surface area (TPSA) is 36.3 Å². The summed E-state index contributed by atoms with van der Waals surface area (Å²) in [5.74, 6) is 2.49. The maximum atomic E-state index is 8.75. The maximum Gasteiger partial charge on any atom is 0.0713 e. The molecule has 0 saturated carbocycles. The summed E-state index contributed by atoms with van der Waals surface area (Å²) in [5, 5.41) is 8.75. The van der Waals surface area contributed by atoms with E-state index in [1.54, 1.807) is 0 Å². The third-order valence-corrected chi connectivity index (χ3v) is 5.29. The Hall–Kier alpha value is -0.240. The second-order valence-corrected chi connectivity index (χ2v) is 6.55. The Morgan fingerprint density at radius 1 is 1.44 bits per heavy atom. The predicted molar refractivity (Wildman–Crippen MR) is 75.7 cm³/mol. The van der Waals surface area contributed by atoms with Gasteiger partial charge in [-0.1, -0.05) is 6.92 Å². The third kappa shape index (κ3) is 3.40. The molecule has 0 aliphatic carbocycles. The molecule has 2 saturated heterocycles. The molecule has 18 heavy (non-hydrogen) atoms. The van der Waals surface area contributed by atoms with Gasteiger partial charge in [-0.05, 0) is 43.7 Å². The van der Waals surface area contributed by atoms with Gasteiger partial charge >= 0.3 is 0 Å². The van der Waals surface area contributed by atoms with E-state index in [4.69, 9.17) is 10.00 Å². The molecule has 2 aliphatic heterocycles. The smallest absolute Gasteiger partial charge is 0.0713 e. The molecule has 0 N–H and O–H groups in total. The molecule has 2 rings (SSSR count). The van der Waals surface area contributed by atoms with Gasteiger partial charge in [0.15, 0.2) is 0 Å². The van der Waals surface area contributed by atoms with Gasteiger partial charge < -0.3 is 4.74 Å². The molecular weight excluding hydrogens is 244 g/mol. The second-order valence-electron chi connectivity index (χ2n) is 5.33. The van der Waals surface area contributed by atoms with Crippen LogP contribution in [0.25, 0.3) is 0 Å². The standard InChI is InChI=1S/C14H24N2OS/c1-2-16(8-3-7-15)13-4-9-17-14(12-13)5-10-18-11-6-14/h13H,2-6,8-12H2,1H3. The van der Waals surface area contributed by atoms with Crippen LogP contribution in [-0.4, -0.2) is 47.7 Å². The number of nitriles is 1. The van der Waals surface area contributed by atoms with Gasteiger partial charge in [0.05, 0.1) is 11.7 Å². The van der Waals surface area contributed by atoms with E-state index in [-0.39, 0.29) is 5.60 Å². The lowest BCUT2D eigenvalue weighted by atomic mass is 9.85. The van der Waals surface area contributed by atoms with Crippen molar-refractivity contribution in [3.05, 3.63) is 0 Å². The van der Waals surface area contributed by atoms with Crippen molar-refractivity contribution in [1.82, 2.24) is 4.90 Å². The molecule has 0 bridgehead atoms. The van der Waals surface area contributed by atoms with E-state index in [2.05, 4.69) is 29.7 Å². The van der Waals surface area contributed by atoms with Crippen molar-refractivity contribution in [3.63, 3.8) is 0 Å². The fourth-order valence-corrected chi connectivity index (χ4v) is 4.43. The minimum Gasteiger partial charge on any atom is -0.375 e. The van der Waals surface area contributed by atoms with Crippen LogP contribution in [0.15, 0.2) is 0 Å². The highest BCUT2D eigenvalue weighted by atomic mass is 32.2. The van der Waals surface area contributed by atoms with Crippen LogP contribution in [0.3, 0.4) is 0 Å². The molecule has 0 aromatic heterocycles. The van der Waals surface area contributed by atoms with Gasteiger partial charge in [-0.3, -0.25) is 4.90 Å². The van der Waals surface area contributed by atoms with Crippen LogP contribution in [0.2, 0.25) is 0 Å². The fraction of sp³-hybridized carbons (Fsp3) is 0.929. The summed E-state index contributed by atoms with van der Waals surface area (Å²) < 4.78 is 6.13.